The molecule has 29 heavy (non-hydrogen) atoms. The number of aliphatic carboxylic acids is 1. The molecule has 1 atom stereocenters. The van der Waals surface area contributed by atoms with Crippen molar-refractivity contribution in [3.63, 3.8) is 0 Å². The molecule has 0 heterocycles. The lowest BCUT2D eigenvalue weighted by atomic mass is 10.1. The number of rotatable bonds is 10. The molecule has 1 unspecified atom stereocenters. The minimum Gasteiger partial charge on any atom is -0.480 e. The SMILES string of the molecule is CCNC(Cc1ccc(N(CCNC(=O)OC(C)(C)C)C(=O)CC)cc1)C(=O)O. The minimum atomic E-state index is -0.896. The van der Waals surface area contributed by atoms with Crippen LogP contribution in [0, 0.1) is 0 Å². The third-order valence-electron chi connectivity index (χ3n) is 4.04. The predicted octanol–water partition coefficient (Wildman–Crippen LogP) is 2.56. The van der Waals surface area contributed by atoms with Gasteiger partial charge in [-0.05, 0) is 51.4 Å². The molecule has 0 saturated carbocycles. The summed E-state index contributed by atoms with van der Waals surface area (Å²) in [6.45, 7) is 10.1. The van der Waals surface area contributed by atoms with Crippen molar-refractivity contribution < 1.29 is 24.2 Å². The topological polar surface area (TPSA) is 108 Å². The van der Waals surface area contributed by atoms with Gasteiger partial charge in [0.25, 0.3) is 0 Å². The molecule has 0 spiro atoms. The summed E-state index contributed by atoms with van der Waals surface area (Å²) in [6, 6.07) is 6.57. The van der Waals surface area contributed by atoms with Crippen molar-refractivity contribution in [2.45, 2.75) is 59.1 Å². The molecule has 0 aliphatic heterocycles. The molecule has 162 valence electrons. The average molecular weight is 408 g/mol. The van der Waals surface area contributed by atoms with Gasteiger partial charge in [0.15, 0.2) is 0 Å². The Morgan fingerprint density at radius 3 is 2.24 bits per heavy atom. The normalized spacial score (nSPS) is 12.2. The van der Waals surface area contributed by atoms with E-state index in [1.54, 1.807) is 44.7 Å². The lowest BCUT2D eigenvalue weighted by Crippen LogP contribution is -2.40. The Bertz CT molecular complexity index is 683. The van der Waals surface area contributed by atoms with Crippen LogP contribution in [0.5, 0.6) is 0 Å². The number of amides is 2. The molecule has 8 heteroatoms. The van der Waals surface area contributed by atoms with E-state index in [9.17, 15) is 19.5 Å². The van der Waals surface area contributed by atoms with Crippen LogP contribution in [0.2, 0.25) is 0 Å². The van der Waals surface area contributed by atoms with Gasteiger partial charge in [0.2, 0.25) is 5.91 Å². The monoisotopic (exact) mass is 407 g/mol. The number of likely N-dealkylation sites (N-methyl/N-ethyl adjacent to an activating group) is 1. The van der Waals surface area contributed by atoms with Crippen molar-refractivity contribution >= 4 is 23.7 Å². The first-order valence-corrected chi connectivity index (χ1v) is 9.89. The molecule has 0 aromatic heterocycles. The average Bonchev–Trinajstić information content (AvgIpc) is 2.63. The maximum Gasteiger partial charge on any atom is 0.407 e. The van der Waals surface area contributed by atoms with E-state index in [1.807, 2.05) is 19.1 Å². The van der Waals surface area contributed by atoms with Crippen molar-refractivity contribution in [3.8, 4) is 0 Å². The summed E-state index contributed by atoms with van der Waals surface area (Å²) >= 11 is 0. The molecule has 0 fully saturated rings. The number of nitrogens with one attached hydrogen (secondary N) is 2. The van der Waals surface area contributed by atoms with E-state index in [0.717, 1.165) is 5.56 Å². The van der Waals surface area contributed by atoms with E-state index in [2.05, 4.69) is 10.6 Å². The molecule has 3 N–H and O–H groups in total. The summed E-state index contributed by atoms with van der Waals surface area (Å²) < 4.78 is 5.20. The summed E-state index contributed by atoms with van der Waals surface area (Å²) in [5, 5.41) is 14.9. The smallest absolute Gasteiger partial charge is 0.407 e. The fourth-order valence-electron chi connectivity index (χ4n) is 2.71. The Morgan fingerprint density at radius 2 is 1.76 bits per heavy atom. The van der Waals surface area contributed by atoms with Crippen molar-refractivity contribution in [3.05, 3.63) is 29.8 Å². The standard InChI is InChI=1S/C21H33N3O5/c1-6-18(25)24(13-12-23-20(28)29-21(3,4)5)16-10-8-15(9-11-16)14-17(19(26)27)22-7-2/h8-11,17,22H,6-7,12-14H2,1-5H3,(H,23,28)(H,26,27). The Kier molecular flexibility index (Phi) is 9.61. The fraction of sp³-hybridized carbons (Fsp3) is 0.571. The van der Waals surface area contributed by atoms with Gasteiger partial charge in [-0.15, -0.1) is 0 Å². The zero-order valence-electron chi connectivity index (χ0n) is 17.9. The van der Waals surface area contributed by atoms with Gasteiger partial charge >= 0.3 is 12.1 Å². The van der Waals surface area contributed by atoms with Crippen LogP contribution in [0.1, 0.15) is 46.6 Å². The Labute approximate surface area is 172 Å². The number of alkyl carbamates (subject to hydrolysis) is 1. The van der Waals surface area contributed by atoms with E-state index < -0.39 is 23.7 Å². The third kappa shape index (κ3) is 8.95. The highest BCUT2D eigenvalue weighted by Crippen LogP contribution is 2.17. The summed E-state index contributed by atoms with van der Waals surface area (Å²) in [4.78, 5) is 37.0. The van der Waals surface area contributed by atoms with Crippen molar-refractivity contribution in [2.24, 2.45) is 0 Å². The number of nitrogens with zero attached hydrogens (tertiary/aromatic N) is 1. The molecule has 1 rings (SSSR count). The van der Waals surface area contributed by atoms with Crippen molar-refractivity contribution in [1.29, 1.82) is 0 Å². The molecule has 0 radical (unpaired) electrons. The number of hydrogen-bond donors (Lipinski definition) is 3. The molecule has 0 bridgehead atoms. The van der Waals surface area contributed by atoms with Gasteiger partial charge < -0.3 is 25.4 Å². The van der Waals surface area contributed by atoms with Crippen LogP contribution in [0.25, 0.3) is 0 Å². The van der Waals surface area contributed by atoms with Crippen LogP contribution >= 0.6 is 0 Å². The molecular formula is C21H33N3O5. The molecule has 0 aliphatic rings. The number of carbonyl (C=O) groups excluding carboxylic acids is 2. The molecule has 1 aromatic rings. The largest absolute Gasteiger partial charge is 0.480 e. The molecule has 1 aromatic carbocycles. The number of carboxylic acid groups (broad SMARTS) is 1. The highest BCUT2D eigenvalue weighted by Gasteiger charge is 2.19. The first-order valence-electron chi connectivity index (χ1n) is 9.89. The number of benzene rings is 1. The van der Waals surface area contributed by atoms with Gasteiger partial charge in [-0.2, -0.15) is 0 Å². The van der Waals surface area contributed by atoms with Gasteiger partial charge in [0, 0.05) is 25.2 Å². The number of ether oxygens (including phenoxy) is 1. The van der Waals surface area contributed by atoms with Crippen LogP contribution < -0.4 is 15.5 Å². The zero-order valence-corrected chi connectivity index (χ0v) is 17.9. The molecule has 8 nitrogen and oxygen atoms in total. The second-order valence-electron chi connectivity index (χ2n) is 7.65. The van der Waals surface area contributed by atoms with Gasteiger partial charge in [0.05, 0.1) is 0 Å². The second-order valence-corrected chi connectivity index (χ2v) is 7.65. The van der Waals surface area contributed by atoms with Gasteiger partial charge in [0.1, 0.15) is 11.6 Å². The van der Waals surface area contributed by atoms with Crippen LogP contribution in [0.4, 0.5) is 10.5 Å². The lowest BCUT2D eigenvalue weighted by molar-refractivity contribution is -0.139. The summed E-state index contributed by atoms with van der Waals surface area (Å²) in [5.41, 5.74) is 0.971. The number of carboxylic acids is 1. The Hall–Kier alpha value is -2.61. The molecule has 0 saturated heterocycles. The number of carbonyl (C=O) groups is 3. The van der Waals surface area contributed by atoms with Gasteiger partial charge in [-0.25, -0.2) is 4.79 Å². The number of hydrogen-bond acceptors (Lipinski definition) is 5. The lowest BCUT2D eigenvalue weighted by Gasteiger charge is -2.24. The quantitative estimate of drug-likeness (QED) is 0.550. The Morgan fingerprint density at radius 1 is 1.14 bits per heavy atom. The highest BCUT2D eigenvalue weighted by molar-refractivity contribution is 5.93. The first kappa shape index (κ1) is 24.4. The Balaban J connectivity index is 2.77. The fourth-order valence-corrected chi connectivity index (χ4v) is 2.71. The summed E-state index contributed by atoms with van der Waals surface area (Å²) in [7, 11) is 0. The van der Waals surface area contributed by atoms with Gasteiger partial charge in [-0.1, -0.05) is 26.0 Å². The maximum absolute atomic E-state index is 12.3. The van der Waals surface area contributed by atoms with Crippen LogP contribution in [0.15, 0.2) is 24.3 Å². The summed E-state index contributed by atoms with van der Waals surface area (Å²) in [5.74, 6) is -0.966. The van der Waals surface area contributed by atoms with Crippen LogP contribution in [-0.4, -0.2) is 54.4 Å². The van der Waals surface area contributed by atoms with Crippen LogP contribution in [-0.2, 0) is 20.7 Å². The van der Waals surface area contributed by atoms with Gasteiger partial charge in [-0.3, -0.25) is 9.59 Å². The highest BCUT2D eigenvalue weighted by atomic mass is 16.6. The number of anilines is 1. The molecule has 2 amide bonds. The molecular weight excluding hydrogens is 374 g/mol. The second kappa shape index (κ2) is 11.4. The van der Waals surface area contributed by atoms with Crippen molar-refractivity contribution in [1.82, 2.24) is 10.6 Å². The van der Waals surface area contributed by atoms with Crippen LogP contribution in [0.3, 0.4) is 0 Å². The minimum absolute atomic E-state index is 0.0696. The maximum atomic E-state index is 12.3. The van der Waals surface area contributed by atoms with E-state index >= 15 is 0 Å². The first-order chi connectivity index (χ1) is 13.6. The van der Waals surface area contributed by atoms with E-state index in [-0.39, 0.29) is 12.5 Å². The van der Waals surface area contributed by atoms with Crippen molar-refractivity contribution in [2.75, 3.05) is 24.5 Å². The third-order valence-corrected chi connectivity index (χ3v) is 4.04. The van der Waals surface area contributed by atoms with E-state index in [0.29, 0.717) is 31.6 Å². The predicted molar refractivity (Wildman–Crippen MR) is 112 cm³/mol. The van der Waals surface area contributed by atoms with E-state index in [4.69, 9.17) is 4.74 Å². The molecule has 0 aliphatic carbocycles. The zero-order chi connectivity index (χ0) is 22.0. The summed E-state index contributed by atoms with van der Waals surface area (Å²) in [6.07, 6.45) is 0.154. The van der Waals surface area contributed by atoms with E-state index in [1.165, 1.54) is 0 Å².